The minimum atomic E-state index is -0.488. The predicted octanol–water partition coefficient (Wildman–Crippen LogP) is 12.8. The topological polar surface area (TPSA) is 123 Å². The van der Waals surface area contributed by atoms with Crippen LogP contribution >= 0.6 is 0 Å². The van der Waals surface area contributed by atoms with Crippen LogP contribution in [0.15, 0.2) is 121 Å². The number of aryl methyl sites for hydroxylation is 4. The number of rotatable bonds is 23. The molecule has 0 spiro atoms. The second-order valence-electron chi connectivity index (χ2n) is 20.5. The van der Waals surface area contributed by atoms with E-state index in [0.29, 0.717) is 18.4 Å². The standard InChI is InChI=1S/C32H46N2O3.C27H38N2O.CH4/c1-32(2,3)37-31(36)33-24-27-20-22-28(23-21-27)30(35)34-29(18-10-16-25-12-6-4-7-13-25)19-11-17-26-14-8-5-9-15-26;28-21-24-17-19-25(20-18-24)27(30)29-26(15-7-13-22-9-3-1-4-10-22)16-8-14-23-11-5-2-6-12-23;/h4-9,12-15,27-29H,10-11,16-24H2,1-3H3,(H,33,36)(H,34,35);1-6,9-12,24-26H,7-8,13-21,28H2,(H,29,30);1H4. The number of carbonyl (C=O) groups excluding carboxylic acids is 3. The average Bonchev–Trinajstić information content (AvgIpc) is 3.34. The normalized spacial score (nSPS) is 18.1. The Morgan fingerprint density at radius 3 is 1.12 bits per heavy atom. The van der Waals surface area contributed by atoms with E-state index in [1.807, 2.05) is 20.8 Å². The number of ether oxygens (including phenoxy) is 1. The van der Waals surface area contributed by atoms with Gasteiger partial charge >= 0.3 is 6.09 Å². The molecule has 5 N–H and O–H groups in total. The minimum Gasteiger partial charge on any atom is -0.444 e. The molecule has 6 rings (SSSR count). The summed E-state index contributed by atoms with van der Waals surface area (Å²) in [6, 6.07) is 43.0. The van der Waals surface area contributed by atoms with Crippen LogP contribution in [-0.2, 0) is 40.0 Å². The highest BCUT2D eigenvalue weighted by molar-refractivity contribution is 5.79. The van der Waals surface area contributed by atoms with Gasteiger partial charge in [0.05, 0.1) is 0 Å². The van der Waals surface area contributed by atoms with Gasteiger partial charge in [-0.15, -0.1) is 0 Å². The lowest BCUT2D eigenvalue weighted by Gasteiger charge is -2.30. The van der Waals surface area contributed by atoms with Crippen molar-refractivity contribution in [3.63, 3.8) is 0 Å². The molecule has 2 aliphatic rings. The van der Waals surface area contributed by atoms with Crippen molar-refractivity contribution in [3.05, 3.63) is 144 Å². The van der Waals surface area contributed by atoms with Crippen LogP contribution < -0.4 is 21.7 Å². The Kier molecular flexibility index (Phi) is 25.6. The van der Waals surface area contributed by atoms with Gasteiger partial charge in [0.1, 0.15) is 5.60 Å². The Morgan fingerprint density at radius 2 is 0.824 bits per heavy atom. The number of hydrogen-bond acceptors (Lipinski definition) is 5. The van der Waals surface area contributed by atoms with Crippen molar-refractivity contribution < 1.29 is 19.1 Å². The van der Waals surface area contributed by atoms with Gasteiger partial charge in [-0.05, 0) is 190 Å². The molecule has 3 amide bonds. The second kappa shape index (κ2) is 31.2. The monoisotopic (exact) mass is 929 g/mol. The molecular weight excluding hydrogens is 841 g/mol. The van der Waals surface area contributed by atoms with Crippen LogP contribution in [0.4, 0.5) is 4.79 Å². The summed E-state index contributed by atoms with van der Waals surface area (Å²) in [4.78, 5) is 38.1. The number of benzene rings is 4. The van der Waals surface area contributed by atoms with Crippen LogP contribution in [-0.4, -0.2) is 48.7 Å². The van der Waals surface area contributed by atoms with Gasteiger partial charge in [0.25, 0.3) is 0 Å². The third-order valence-corrected chi connectivity index (χ3v) is 13.8. The Balaban J connectivity index is 0.000000298. The fourth-order valence-corrected chi connectivity index (χ4v) is 9.84. The largest absolute Gasteiger partial charge is 0.444 e. The first-order chi connectivity index (χ1) is 32.5. The summed E-state index contributed by atoms with van der Waals surface area (Å²) in [5.41, 5.74) is 10.8. The third kappa shape index (κ3) is 22.4. The third-order valence-electron chi connectivity index (χ3n) is 13.8. The molecule has 8 nitrogen and oxygen atoms in total. The molecule has 2 saturated carbocycles. The molecule has 2 aliphatic carbocycles. The van der Waals surface area contributed by atoms with E-state index in [1.165, 1.54) is 22.3 Å². The molecule has 372 valence electrons. The van der Waals surface area contributed by atoms with Crippen molar-refractivity contribution in [2.45, 2.75) is 174 Å². The molecule has 0 bridgehead atoms. The van der Waals surface area contributed by atoms with Crippen molar-refractivity contribution in [1.29, 1.82) is 0 Å². The van der Waals surface area contributed by atoms with Gasteiger partial charge in [-0.1, -0.05) is 129 Å². The van der Waals surface area contributed by atoms with Crippen LogP contribution in [0.2, 0.25) is 0 Å². The van der Waals surface area contributed by atoms with Crippen LogP contribution in [0.5, 0.6) is 0 Å². The summed E-state index contributed by atoms with van der Waals surface area (Å²) in [5.74, 6) is 1.76. The summed E-state index contributed by atoms with van der Waals surface area (Å²) in [5, 5.41) is 9.74. The molecule has 0 unspecified atom stereocenters. The van der Waals surface area contributed by atoms with Gasteiger partial charge in [0.2, 0.25) is 11.8 Å². The summed E-state index contributed by atoms with van der Waals surface area (Å²) >= 11 is 0. The average molecular weight is 929 g/mol. The highest BCUT2D eigenvalue weighted by Gasteiger charge is 2.29. The Labute approximate surface area is 411 Å². The van der Waals surface area contributed by atoms with E-state index in [-0.39, 0.29) is 49.3 Å². The molecule has 0 saturated heterocycles. The lowest BCUT2D eigenvalue weighted by molar-refractivity contribution is -0.127. The molecule has 68 heavy (non-hydrogen) atoms. The van der Waals surface area contributed by atoms with Gasteiger partial charge in [0, 0.05) is 30.5 Å². The SMILES string of the molecule is C.CC(C)(C)OC(=O)NCC1CCC(C(=O)NC(CCCc2ccccc2)CCCc2ccccc2)CC1.NCC1CCC(C(=O)NC(CCCc2ccccc2)CCCc2ccccc2)CC1. The molecule has 0 radical (unpaired) electrons. The van der Waals surface area contributed by atoms with Crippen LogP contribution in [0.3, 0.4) is 0 Å². The van der Waals surface area contributed by atoms with Crippen molar-refractivity contribution in [2.24, 2.45) is 29.4 Å². The van der Waals surface area contributed by atoms with E-state index < -0.39 is 5.60 Å². The molecule has 0 heterocycles. The van der Waals surface area contributed by atoms with Crippen LogP contribution in [0.1, 0.15) is 153 Å². The van der Waals surface area contributed by atoms with Crippen molar-refractivity contribution in [1.82, 2.24) is 16.0 Å². The predicted molar refractivity (Wildman–Crippen MR) is 282 cm³/mol. The second-order valence-corrected chi connectivity index (χ2v) is 20.5. The zero-order valence-corrected chi connectivity index (χ0v) is 41.3. The maximum Gasteiger partial charge on any atom is 0.407 e. The first-order valence-electron chi connectivity index (χ1n) is 26.0. The number of carbonyl (C=O) groups is 3. The van der Waals surface area contributed by atoms with E-state index in [9.17, 15) is 14.4 Å². The first kappa shape index (κ1) is 55.6. The quantitative estimate of drug-likeness (QED) is 0.0590. The summed E-state index contributed by atoms with van der Waals surface area (Å²) in [6.45, 7) is 6.98. The number of nitrogens with two attached hydrogens (primary N) is 1. The minimum absolute atomic E-state index is 0. The van der Waals surface area contributed by atoms with E-state index in [0.717, 1.165) is 135 Å². The highest BCUT2D eigenvalue weighted by Crippen LogP contribution is 2.30. The maximum absolute atomic E-state index is 13.2. The highest BCUT2D eigenvalue weighted by atomic mass is 16.6. The van der Waals surface area contributed by atoms with Crippen LogP contribution in [0.25, 0.3) is 0 Å². The van der Waals surface area contributed by atoms with E-state index in [2.05, 4.69) is 137 Å². The fraction of sp³-hybridized carbons (Fsp3) is 0.550. The first-order valence-corrected chi connectivity index (χ1v) is 26.0. The van der Waals surface area contributed by atoms with E-state index in [1.54, 1.807) is 0 Å². The summed E-state index contributed by atoms with van der Waals surface area (Å²) in [7, 11) is 0. The van der Waals surface area contributed by atoms with Crippen molar-refractivity contribution >= 4 is 17.9 Å². The van der Waals surface area contributed by atoms with E-state index >= 15 is 0 Å². The zero-order valence-electron chi connectivity index (χ0n) is 41.3. The van der Waals surface area contributed by atoms with Gasteiger partial charge < -0.3 is 26.4 Å². The molecule has 0 aromatic heterocycles. The molecule has 8 heteroatoms. The Bertz CT molecular complexity index is 1850. The molecule has 0 atom stereocenters. The lowest BCUT2D eigenvalue weighted by Crippen LogP contribution is -2.41. The molecule has 4 aromatic carbocycles. The number of amides is 3. The lowest BCUT2D eigenvalue weighted by atomic mass is 9.81. The smallest absolute Gasteiger partial charge is 0.407 e. The molecule has 4 aromatic rings. The molecule has 0 aliphatic heterocycles. The number of alkyl carbamates (subject to hydrolysis) is 1. The van der Waals surface area contributed by atoms with Crippen molar-refractivity contribution in [2.75, 3.05) is 13.1 Å². The summed E-state index contributed by atoms with van der Waals surface area (Å²) in [6.07, 6.45) is 20.2. The fourth-order valence-electron chi connectivity index (χ4n) is 9.84. The molecule has 2 fully saturated rings. The van der Waals surface area contributed by atoms with E-state index in [4.69, 9.17) is 10.5 Å². The van der Waals surface area contributed by atoms with Gasteiger partial charge in [-0.25, -0.2) is 4.79 Å². The van der Waals surface area contributed by atoms with Crippen LogP contribution in [0, 0.1) is 23.7 Å². The van der Waals surface area contributed by atoms with Gasteiger partial charge in [-0.3, -0.25) is 9.59 Å². The number of hydrogen-bond donors (Lipinski definition) is 4. The van der Waals surface area contributed by atoms with Gasteiger partial charge in [0.15, 0.2) is 0 Å². The molecular formula is C60H88N4O4. The zero-order chi connectivity index (χ0) is 47.5. The maximum atomic E-state index is 13.2. The number of nitrogens with one attached hydrogen (secondary N) is 3. The van der Waals surface area contributed by atoms with Crippen molar-refractivity contribution in [3.8, 4) is 0 Å². The Morgan fingerprint density at radius 1 is 0.515 bits per heavy atom. The van der Waals surface area contributed by atoms with Gasteiger partial charge in [-0.2, -0.15) is 0 Å². The summed E-state index contributed by atoms with van der Waals surface area (Å²) < 4.78 is 5.34. The Hall–Kier alpha value is -4.95.